The maximum atomic E-state index is 12.8. The average molecular weight is 500 g/mol. The molecule has 0 radical (unpaired) electrons. The van der Waals surface area contributed by atoms with Gasteiger partial charge in [-0.2, -0.15) is 4.31 Å². The first-order valence-corrected chi connectivity index (χ1v) is 13.6. The molecule has 0 saturated carbocycles. The van der Waals surface area contributed by atoms with Crippen molar-refractivity contribution in [3.05, 3.63) is 53.9 Å². The number of hydrogen-bond donors (Lipinski definition) is 1. The number of aromatic amines is 1. The van der Waals surface area contributed by atoms with Gasteiger partial charge in [-0.15, -0.1) is 10.2 Å². The Morgan fingerprint density at radius 2 is 1.74 bits per heavy atom. The summed E-state index contributed by atoms with van der Waals surface area (Å²) in [6.07, 6.45) is 0. The van der Waals surface area contributed by atoms with Crippen molar-refractivity contribution in [2.45, 2.75) is 55.9 Å². The number of nitrogens with zero attached hydrogens (tertiary/aromatic N) is 4. The lowest BCUT2D eigenvalue weighted by atomic mass is 9.87. The normalized spacial score (nSPS) is 12.6. The van der Waals surface area contributed by atoms with Crippen molar-refractivity contribution in [2.75, 3.05) is 13.1 Å². The number of rotatable bonds is 8. The number of sulfonamides is 1. The molecule has 4 rings (SSSR count). The summed E-state index contributed by atoms with van der Waals surface area (Å²) in [5, 5.41) is 8.75. The van der Waals surface area contributed by atoms with Gasteiger partial charge in [-0.05, 0) is 41.3 Å². The van der Waals surface area contributed by atoms with E-state index in [-0.39, 0.29) is 10.3 Å². The fourth-order valence-corrected chi connectivity index (χ4v) is 5.73. The Morgan fingerprint density at radius 3 is 2.38 bits per heavy atom. The summed E-state index contributed by atoms with van der Waals surface area (Å²) in [5.74, 6) is 1.66. The third-order valence-corrected chi connectivity index (χ3v) is 8.46. The summed E-state index contributed by atoms with van der Waals surface area (Å²) < 4.78 is 32.9. The van der Waals surface area contributed by atoms with Crippen LogP contribution in [0.2, 0.25) is 0 Å². The number of aromatic nitrogens is 4. The molecule has 0 amide bonds. The van der Waals surface area contributed by atoms with Crippen LogP contribution in [0.4, 0.5) is 0 Å². The molecule has 0 saturated heterocycles. The van der Waals surface area contributed by atoms with Crippen LogP contribution in [0.1, 0.15) is 46.0 Å². The minimum absolute atomic E-state index is 0.0807. The zero-order valence-corrected chi connectivity index (χ0v) is 21.6. The highest BCUT2D eigenvalue weighted by molar-refractivity contribution is 7.98. The molecule has 2 aromatic heterocycles. The number of nitrogens with one attached hydrogen (secondary N) is 1. The fourth-order valence-electron chi connectivity index (χ4n) is 3.61. The van der Waals surface area contributed by atoms with Gasteiger partial charge in [0.05, 0.1) is 21.7 Å². The highest BCUT2D eigenvalue weighted by Gasteiger charge is 2.22. The molecule has 8 nitrogen and oxygen atoms in total. The summed E-state index contributed by atoms with van der Waals surface area (Å²) in [4.78, 5) is 8.02. The maximum Gasteiger partial charge on any atom is 0.277 e. The highest BCUT2D eigenvalue weighted by atomic mass is 32.2. The van der Waals surface area contributed by atoms with Crippen molar-refractivity contribution >= 4 is 32.8 Å². The molecular weight excluding hydrogens is 470 g/mol. The van der Waals surface area contributed by atoms with Crippen LogP contribution in [0.3, 0.4) is 0 Å². The summed E-state index contributed by atoms with van der Waals surface area (Å²) in [7, 11) is -3.53. The number of thioether (sulfide) groups is 1. The van der Waals surface area contributed by atoms with Gasteiger partial charge in [0, 0.05) is 18.7 Å². The van der Waals surface area contributed by atoms with Crippen LogP contribution in [-0.2, 0) is 21.2 Å². The van der Waals surface area contributed by atoms with E-state index in [0.717, 1.165) is 5.56 Å². The van der Waals surface area contributed by atoms with E-state index in [1.54, 1.807) is 18.2 Å². The van der Waals surface area contributed by atoms with Gasteiger partial charge in [0.2, 0.25) is 15.9 Å². The first-order valence-electron chi connectivity index (χ1n) is 11.2. The van der Waals surface area contributed by atoms with E-state index in [2.05, 4.69) is 53.1 Å². The number of hydrogen-bond acceptors (Lipinski definition) is 7. The van der Waals surface area contributed by atoms with Crippen molar-refractivity contribution in [1.82, 2.24) is 24.5 Å². The van der Waals surface area contributed by atoms with Crippen LogP contribution in [0, 0.1) is 0 Å². The molecule has 0 bridgehead atoms. The van der Waals surface area contributed by atoms with Gasteiger partial charge in [-0.3, -0.25) is 0 Å². The molecule has 2 heterocycles. The second-order valence-corrected chi connectivity index (χ2v) is 11.8. The predicted octanol–water partition coefficient (Wildman–Crippen LogP) is 5.23. The van der Waals surface area contributed by atoms with E-state index < -0.39 is 10.0 Å². The smallest absolute Gasteiger partial charge is 0.277 e. The maximum absolute atomic E-state index is 12.8. The summed E-state index contributed by atoms with van der Waals surface area (Å²) in [5.41, 5.74) is 3.58. The molecule has 1 N–H and O–H groups in total. The molecule has 0 unspecified atom stereocenters. The van der Waals surface area contributed by atoms with E-state index in [0.29, 0.717) is 46.8 Å². The molecule has 34 heavy (non-hydrogen) atoms. The van der Waals surface area contributed by atoms with Gasteiger partial charge in [0.15, 0.2) is 0 Å². The van der Waals surface area contributed by atoms with Crippen molar-refractivity contribution in [3.63, 3.8) is 0 Å². The van der Waals surface area contributed by atoms with Crippen molar-refractivity contribution in [3.8, 4) is 11.5 Å². The van der Waals surface area contributed by atoms with Crippen molar-refractivity contribution < 1.29 is 12.8 Å². The van der Waals surface area contributed by atoms with Gasteiger partial charge < -0.3 is 9.40 Å². The van der Waals surface area contributed by atoms with E-state index in [1.165, 1.54) is 21.6 Å². The molecule has 10 heteroatoms. The summed E-state index contributed by atoms with van der Waals surface area (Å²) in [6, 6.07) is 13.1. The second-order valence-electron chi connectivity index (χ2n) is 8.94. The van der Waals surface area contributed by atoms with Gasteiger partial charge in [-0.25, -0.2) is 13.4 Å². The molecular formula is C24H29N5O3S2. The monoisotopic (exact) mass is 499 g/mol. The molecule has 4 aromatic rings. The number of H-pyrrole nitrogens is 1. The van der Waals surface area contributed by atoms with Crippen LogP contribution < -0.4 is 0 Å². The van der Waals surface area contributed by atoms with Crippen LogP contribution >= 0.6 is 11.8 Å². The predicted molar refractivity (Wildman–Crippen MR) is 134 cm³/mol. The van der Waals surface area contributed by atoms with Gasteiger partial charge >= 0.3 is 0 Å². The Bertz CT molecular complexity index is 1380. The Hall–Kier alpha value is -2.69. The van der Waals surface area contributed by atoms with E-state index in [9.17, 15) is 8.42 Å². The molecule has 0 aliphatic carbocycles. The molecule has 0 spiro atoms. The Balaban J connectivity index is 1.47. The first kappa shape index (κ1) is 24.4. The molecule has 2 aromatic carbocycles. The molecule has 0 aliphatic rings. The minimum Gasteiger partial charge on any atom is -0.411 e. The first-order chi connectivity index (χ1) is 16.1. The van der Waals surface area contributed by atoms with E-state index in [4.69, 9.17) is 4.42 Å². The zero-order chi connectivity index (χ0) is 24.5. The van der Waals surface area contributed by atoms with Crippen LogP contribution in [0.5, 0.6) is 0 Å². The number of fused-ring (bicyclic) bond motifs is 1. The van der Waals surface area contributed by atoms with Gasteiger partial charge in [0.1, 0.15) is 5.82 Å². The quantitative estimate of drug-likeness (QED) is 0.331. The van der Waals surface area contributed by atoms with Crippen molar-refractivity contribution in [1.29, 1.82) is 0 Å². The van der Waals surface area contributed by atoms with Crippen LogP contribution in [0.25, 0.3) is 22.5 Å². The average Bonchev–Trinajstić information content (AvgIpc) is 3.44. The minimum atomic E-state index is -3.53. The SMILES string of the molecule is CCN(CC)S(=O)(=O)c1ccc2nc(CSc3nnc(-c4ccc(C(C)(C)C)cc4)o3)[nH]c2c1. The molecule has 0 fully saturated rings. The Morgan fingerprint density at radius 1 is 1.03 bits per heavy atom. The molecule has 0 aliphatic heterocycles. The standard InChI is InChI=1S/C24H29N5O3S2/c1-6-29(7-2)34(30,31)18-12-13-19-20(14-18)26-21(25-19)15-33-23-28-27-22(32-23)16-8-10-17(11-9-16)24(3,4)5/h8-14H,6-7,15H2,1-5H3,(H,25,26). The van der Waals surface area contributed by atoms with E-state index >= 15 is 0 Å². The number of benzene rings is 2. The zero-order valence-electron chi connectivity index (χ0n) is 20.0. The topological polar surface area (TPSA) is 105 Å². The van der Waals surface area contributed by atoms with Crippen LogP contribution in [-0.4, -0.2) is 46.0 Å². The summed E-state index contributed by atoms with van der Waals surface area (Å²) in [6.45, 7) is 11.0. The Labute approximate surface area is 204 Å². The third-order valence-electron chi connectivity index (χ3n) is 5.58. The van der Waals surface area contributed by atoms with Crippen LogP contribution in [0.15, 0.2) is 57.0 Å². The molecule has 0 atom stereocenters. The molecule has 180 valence electrons. The van der Waals surface area contributed by atoms with Crippen molar-refractivity contribution in [2.24, 2.45) is 0 Å². The largest absolute Gasteiger partial charge is 0.411 e. The summed E-state index contributed by atoms with van der Waals surface area (Å²) >= 11 is 1.37. The lowest BCUT2D eigenvalue weighted by Crippen LogP contribution is -2.30. The van der Waals surface area contributed by atoms with E-state index in [1.807, 2.05) is 26.0 Å². The highest BCUT2D eigenvalue weighted by Crippen LogP contribution is 2.29. The Kier molecular flexibility index (Phi) is 6.84. The second kappa shape index (κ2) is 9.52. The lowest BCUT2D eigenvalue weighted by molar-refractivity contribution is 0.445. The van der Waals surface area contributed by atoms with Gasteiger partial charge in [-0.1, -0.05) is 58.5 Å². The third kappa shape index (κ3) is 5.03. The lowest BCUT2D eigenvalue weighted by Gasteiger charge is -2.18. The van der Waals surface area contributed by atoms with Gasteiger partial charge in [0.25, 0.3) is 5.22 Å². The fraction of sp³-hybridized carbons (Fsp3) is 0.375. The number of imidazole rings is 1.